The molecule has 0 aromatic carbocycles. The third-order valence-electron chi connectivity index (χ3n) is 2.80. The lowest BCUT2D eigenvalue weighted by Gasteiger charge is -2.12. The van der Waals surface area contributed by atoms with Gasteiger partial charge in [0, 0.05) is 17.2 Å². The molecule has 1 aromatic heterocycles. The Morgan fingerprint density at radius 3 is 2.82 bits per heavy atom. The van der Waals surface area contributed by atoms with Gasteiger partial charge in [0.1, 0.15) is 0 Å². The van der Waals surface area contributed by atoms with Gasteiger partial charge >= 0.3 is 0 Å². The van der Waals surface area contributed by atoms with Crippen molar-refractivity contribution >= 4 is 29.0 Å². The molecule has 1 heterocycles. The van der Waals surface area contributed by atoms with E-state index in [1.54, 1.807) is 23.1 Å². The van der Waals surface area contributed by atoms with Gasteiger partial charge < -0.3 is 5.32 Å². The first-order chi connectivity index (χ1) is 8.26. The van der Waals surface area contributed by atoms with Crippen molar-refractivity contribution in [1.29, 1.82) is 0 Å². The van der Waals surface area contributed by atoms with E-state index in [1.165, 1.54) is 4.88 Å². The van der Waals surface area contributed by atoms with E-state index < -0.39 is 0 Å². The van der Waals surface area contributed by atoms with Gasteiger partial charge in [-0.2, -0.15) is 0 Å². The number of nitrogens with one attached hydrogen (secondary N) is 1. The molecule has 0 bridgehead atoms. The summed E-state index contributed by atoms with van der Waals surface area (Å²) in [6, 6.07) is 4.16. The highest BCUT2D eigenvalue weighted by Gasteiger charge is 2.06. The minimum Gasteiger partial charge on any atom is -0.355 e. The standard InChI is InChI=1S/C13H21NOS2/c1-3-11(4-2)8-14-13(15)10-16-9-12-6-5-7-17-12/h5-7,11H,3-4,8-10H2,1-2H3,(H,14,15). The second kappa shape index (κ2) is 8.59. The topological polar surface area (TPSA) is 29.1 Å². The molecule has 0 fully saturated rings. The van der Waals surface area contributed by atoms with Crippen molar-refractivity contribution in [2.75, 3.05) is 12.3 Å². The number of thiophene rings is 1. The minimum atomic E-state index is 0.165. The quantitative estimate of drug-likeness (QED) is 0.783. The number of hydrogen-bond acceptors (Lipinski definition) is 3. The molecular weight excluding hydrogens is 250 g/mol. The van der Waals surface area contributed by atoms with E-state index in [4.69, 9.17) is 0 Å². The fourth-order valence-electron chi connectivity index (χ4n) is 1.53. The average molecular weight is 271 g/mol. The molecule has 1 N–H and O–H groups in total. The Morgan fingerprint density at radius 1 is 1.47 bits per heavy atom. The van der Waals surface area contributed by atoms with E-state index in [0.29, 0.717) is 11.7 Å². The maximum atomic E-state index is 11.6. The zero-order valence-electron chi connectivity index (χ0n) is 10.6. The van der Waals surface area contributed by atoms with E-state index in [0.717, 1.165) is 25.1 Å². The molecule has 0 atom stereocenters. The van der Waals surface area contributed by atoms with Crippen LogP contribution in [0, 0.1) is 5.92 Å². The van der Waals surface area contributed by atoms with Crippen LogP contribution >= 0.6 is 23.1 Å². The molecule has 0 aliphatic carbocycles. The van der Waals surface area contributed by atoms with Gasteiger partial charge in [0.25, 0.3) is 0 Å². The zero-order valence-corrected chi connectivity index (χ0v) is 12.2. The Balaban J connectivity index is 2.09. The fourth-order valence-corrected chi connectivity index (χ4v) is 3.22. The van der Waals surface area contributed by atoms with Crippen molar-refractivity contribution < 1.29 is 4.79 Å². The normalized spacial score (nSPS) is 10.8. The lowest BCUT2D eigenvalue weighted by molar-refractivity contribution is -0.118. The Hall–Kier alpha value is -0.480. The monoisotopic (exact) mass is 271 g/mol. The van der Waals surface area contributed by atoms with E-state index in [1.807, 2.05) is 6.07 Å². The third kappa shape index (κ3) is 6.13. The van der Waals surface area contributed by atoms with E-state index in [9.17, 15) is 4.79 Å². The Kier molecular flexibility index (Phi) is 7.37. The SMILES string of the molecule is CCC(CC)CNC(=O)CSCc1cccs1. The first-order valence-electron chi connectivity index (χ1n) is 6.13. The largest absolute Gasteiger partial charge is 0.355 e. The van der Waals surface area contributed by atoms with Crippen LogP contribution in [0.2, 0.25) is 0 Å². The molecule has 1 rings (SSSR count). The molecule has 0 saturated carbocycles. The molecule has 0 aliphatic heterocycles. The molecule has 0 saturated heterocycles. The molecule has 2 nitrogen and oxygen atoms in total. The van der Waals surface area contributed by atoms with Crippen LogP contribution in [0.4, 0.5) is 0 Å². The van der Waals surface area contributed by atoms with Crippen molar-refractivity contribution in [3.8, 4) is 0 Å². The first-order valence-corrected chi connectivity index (χ1v) is 8.16. The summed E-state index contributed by atoms with van der Waals surface area (Å²) in [5, 5.41) is 5.08. The molecule has 0 radical (unpaired) electrons. The fraction of sp³-hybridized carbons (Fsp3) is 0.615. The molecule has 17 heavy (non-hydrogen) atoms. The molecule has 0 spiro atoms. The Bertz CT molecular complexity index is 307. The highest BCUT2D eigenvalue weighted by molar-refractivity contribution is 7.99. The molecule has 96 valence electrons. The minimum absolute atomic E-state index is 0.165. The molecule has 0 aliphatic rings. The van der Waals surface area contributed by atoms with Gasteiger partial charge in [-0.3, -0.25) is 4.79 Å². The van der Waals surface area contributed by atoms with E-state index in [2.05, 4.69) is 30.6 Å². The predicted octanol–water partition coefficient (Wildman–Crippen LogP) is 3.53. The van der Waals surface area contributed by atoms with Gasteiger partial charge in [-0.1, -0.05) is 32.8 Å². The lowest BCUT2D eigenvalue weighted by Crippen LogP contribution is -2.30. The van der Waals surface area contributed by atoms with Crippen LogP contribution in [0.25, 0.3) is 0 Å². The van der Waals surface area contributed by atoms with Crippen molar-refractivity contribution in [2.45, 2.75) is 32.4 Å². The summed E-state index contributed by atoms with van der Waals surface area (Å²) in [7, 11) is 0. The van der Waals surface area contributed by atoms with Crippen LogP contribution in [0.15, 0.2) is 17.5 Å². The summed E-state index contributed by atoms with van der Waals surface area (Å²) in [5.74, 6) is 2.30. The second-order valence-corrected chi connectivity index (χ2v) is 6.08. The maximum absolute atomic E-state index is 11.6. The molecule has 4 heteroatoms. The second-order valence-electron chi connectivity index (χ2n) is 4.06. The van der Waals surface area contributed by atoms with Gasteiger partial charge in [-0.25, -0.2) is 0 Å². The summed E-state index contributed by atoms with van der Waals surface area (Å²) in [5.41, 5.74) is 0. The summed E-state index contributed by atoms with van der Waals surface area (Å²) in [4.78, 5) is 12.9. The molecule has 1 aromatic rings. The highest BCUT2D eigenvalue weighted by Crippen LogP contribution is 2.16. The van der Waals surface area contributed by atoms with Gasteiger partial charge in [-0.05, 0) is 17.4 Å². The van der Waals surface area contributed by atoms with Crippen LogP contribution in [-0.4, -0.2) is 18.2 Å². The van der Waals surface area contributed by atoms with E-state index >= 15 is 0 Å². The van der Waals surface area contributed by atoms with Crippen LogP contribution in [-0.2, 0) is 10.5 Å². The van der Waals surface area contributed by atoms with Crippen molar-refractivity contribution in [2.24, 2.45) is 5.92 Å². The molecule has 0 unspecified atom stereocenters. The lowest BCUT2D eigenvalue weighted by atomic mass is 10.0. The van der Waals surface area contributed by atoms with Crippen LogP contribution in [0.3, 0.4) is 0 Å². The number of hydrogen-bond donors (Lipinski definition) is 1. The van der Waals surface area contributed by atoms with Crippen LogP contribution < -0.4 is 5.32 Å². The van der Waals surface area contributed by atoms with E-state index in [-0.39, 0.29) is 5.91 Å². The number of amides is 1. The van der Waals surface area contributed by atoms with Crippen LogP contribution in [0.5, 0.6) is 0 Å². The summed E-state index contributed by atoms with van der Waals surface area (Å²) >= 11 is 3.43. The summed E-state index contributed by atoms with van der Waals surface area (Å²) < 4.78 is 0. The summed E-state index contributed by atoms with van der Waals surface area (Å²) in [6.45, 7) is 5.17. The maximum Gasteiger partial charge on any atom is 0.230 e. The number of carbonyl (C=O) groups excluding carboxylic acids is 1. The third-order valence-corrected chi connectivity index (χ3v) is 4.84. The Morgan fingerprint density at radius 2 is 2.24 bits per heavy atom. The predicted molar refractivity (Wildman–Crippen MR) is 77.6 cm³/mol. The van der Waals surface area contributed by atoms with Gasteiger partial charge in [-0.15, -0.1) is 23.1 Å². The number of carbonyl (C=O) groups is 1. The molecular formula is C13H21NOS2. The molecule has 1 amide bonds. The van der Waals surface area contributed by atoms with Gasteiger partial charge in [0.05, 0.1) is 5.75 Å². The highest BCUT2D eigenvalue weighted by atomic mass is 32.2. The van der Waals surface area contributed by atoms with Gasteiger partial charge in [0.2, 0.25) is 5.91 Å². The van der Waals surface area contributed by atoms with Crippen molar-refractivity contribution in [3.63, 3.8) is 0 Å². The van der Waals surface area contributed by atoms with Gasteiger partial charge in [0.15, 0.2) is 0 Å². The first kappa shape index (κ1) is 14.6. The van der Waals surface area contributed by atoms with Crippen molar-refractivity contribution in [3.05, 3.63) is 22.4 Å². The number of rotatable bonds is 8. The smallest absolute Gasteiger partial charge is 0.230 e. The summed E-state index contributed by atoms with van der Waals surface area (Å²) in [6.07, 6.45) is 2.28. The van der Waals surface area contributed by atoms with Crippen LogP contribution in [0.1, 0.15) is 31.6 Å². The van der Waals surface area contributed by atoms with Crippen molar-refractivity contribution in [1.82, 2.24) is 5.32 Å². The zero-order chi connectivity index (χ0) is 12.5. The number of thioether (sulfide) groups is 1. The average Bonchev–Trinajstić information content (AvgIpc) is 2.83. The Labute approximate surface area is 112 Å².